The molecule has 0 aliphatic carbocycles. The molecule has 7 heteroatoms. The second kappa shape index (κ2) is 7.07. The number of nitrogens with zero attached hydrogens (tertiary/aromatic N) is 4. The van der Waals surface area contributed by atoms with Crippen molar-refractivity contribution in [3.05, 3.63) is 40.2 Å². The lowest BCUT2D eigenvalue weighted by Gasteiger charge is -2.34. The van der Waals surface area contributed by atoms with Gasteiger partial charge < -0.3 is 14.8 Å². The third kappa shape index (κ3) is 3.30. The van der Waals surface area contributed by atoms with E-state index in [0.717, 1.165) is 37.4 Å². The van der Waals surface area contributed by atoms with Gasteiger partial charge in [0.1, 0.15) is 11.6 Å². The van der Waals surface area contributed by atoms with Crippen LogP contribution in [-0.2, 0) is 0 Å². The summed E-state index contributed by atoms with van der Waals surface area (Å²) in [5.41, 5.74) is 2.00. The van der Waals surface area contributed by atoms with E-state index in [1.165, 1.54) is 11.8 Å². The highest BCUT2D eigenvalue weighted by Crippen LogP contribution is 2.26. The first-order chi connectivity index (χ1) is 11.6. The molecule has 1 aromatic carbocycles. The van der Waals surface area contributed by atoms with Crippen molar-refractivity contribution in [2.75, 3.05) is 44.4 Å². The minimum absolute atomic E-state index is 0.0586. The Bertz CT molecular complexity index is 834. The van der Waals surface area contributed by atoms with Gasteiger partial charge >= 0.3 is 0 Å². The lowest BCUT2D eigenvalue weighted by Crippen LogP contribution is -2.44. The molecule has 0 bridgehead atoms. The molecule has 1 aromatic heterocycles. The van der Waals surface area contributed by atoms with Gasteiger partial charge in [0.25, 0.3) is 5.56 Å². The predicted octanol–water partition coefficient (Wildman–Crippen LogP) is 1.78. The zero-order chi connectivity index (χ0) is 17.1. The van der Waals surface area contributed by atoms with Crippen LogP contribution in [0.25, 0.3) is 11.3 Å². The van der Waals surface area contributed by atoms with Crippen LogP contribution in [0.15, 0.2) is 34.2 Å². The largest absolute Gasteiger partial charge is 0.369 e. The van der Waals surface area contributed by atoms with Gasteiger partial charge in [-0.05, 0) is 25.4 Å². The number of hydrogen-bond acceptors (Lipinski definition) is 6. The second-order valence-electron chi connectivity index (χ2n) is 5.75. The Hall–Kier alpha value is -2.30. The molecule has 3 rings (SSSR count). The molecule has 2 aromatic rings. The van der Waals surface area contributed by atoms with Gasteiger partial charge in [0.15, 0.2) is 5.16 Å². The summed E-state index contributed by atoms with van der Waals surface area (Å²) < 4.78 is 0. The van der Waals surface area contributed by atoms with Crippen molar-refractivity contribution < 1.29 is 0 Å². The Morgan fingerprint density at radius 1 is 1.29 bits per heavy atom. The van der Waals surface area contributed by atoms with Crippen LogP contribution in [0.3, 0.4) is 0 Å². The molecule has 0 spiro atoms. The van der Waals surface area contributed by atoms with Crippen LogP contribution in [0, 0.1) is 11.3 Å². The van der Waals surface area contributed by atoms with Gasteiger partial charge in [0.2, 0.25) is 0 Å². The van der Waals surface area contributed by atoms with Gasteiger partial charge in [-0.25, -0.2) is 4.98 Å². The van der Waals surface area contributed by atoms with Crippen molar-refractivity contribution in [3.8, 4) is 17.3 Å². The van der Waals surface area contributed by atoms with Crippen LogP contribution in [0.5, 0.6) is 0 Å². The highest BCUT2D eigenvalue weighted by Gasteiger charge is 2.17. The zero-order valence-corrected chi connectivity index (χ0v) is 14.6. The van der Waals surface area contributed by atoms with Crippen LogP contribution in [-0.4, -0.2) is 54.4 Å². The molecular formula is C17H19N5OS. The Labute approximate surface area is 145 Å². The summed E-state index contributed by atoms with van der Waals surface area (Å²) in [5.74, 6) is 0. The SMILES string of the molecule is CSc1nc(-c2cccc(N3CCN(C)CC3)c2)c(C#N)c(=O)[nH]1. The molecule has 0 amide bonds. The number of aromatic amines is 1. The molecule has 0 radical (unpaired) electrons. The molecule has 0 atom stereocenters. The average molecular weight is 341 g/mol. The second-order valence-corrected chi connectivity index (χ2v) is 6.55. The molecule has 1 fully saturated rings. The summed E-state index contributed by atoms with van der Waals surface area (Å²) in [5, 5.41) is 9.85. The molecule has 6 nitrogen and oxygen atoms in total. The van der Waals surface area contributed by atoms with Crippen LogP contribution in [0.2, 0.25) is 0 Å². The minimum Gasteiger partial charge on any atom is -0.369 e. The summed E-state index contributed by atoms with van der Waals surface area (Å²) >= 11 is 1.35. The highest BCUT2D eigenvalue weighted by atomic mass is 32.2. The molecule has 0 unspecified atom stereocenters. The van der Waals surface area contributed by atoms with Crippen molar-refractivity contribution in [1.29, 1.82) is 5.26 Å². The molecule has 1 saturated heterocycles. The van der Waals surface area contributed by atoms with Gasteiger partial charge in [-0.1, -0.05) is 23.9 Å². The lowest BCUT2D eigenvalue weighted by molar-refractivity contribution is 0.313. The Balaban J connectivity index is 2.02. The van der Waals surface area contributed by atoms with Crippen LogP contribution >= 0.6 is 11.8 Å². The first-order valence-corrected chi connectivity index (χ1v) is 8.97. The molecule has 124 valence electrons. The van der Waals surface area contributed by atoms with Crippen LogP contribution < -0.4 is 10.5 Å². The maximum atomic E-state index is 12.1. The van der Waals surface area contributed by atoms with Crippen molar-refractivity contribution in [1.82, 2.24) is 14.9 Å². The molecule has 1 N–H and O–H groups in total. The van der Waals surface area contributed by atoms with E-state index in [4.69, 9.17) is 0 Å². The van der Waals surface area contributed by atoms with E-state index in [2.05, 4.69) is 32.9 Å². The number of H-pyrrole nitrogens is 1. The van der Waals surface area contributed by atoms with Gasteiger partial charge in [-0.2, -0.15) is 5.26 Å². The number of anilines is 1. The van der Waals surface area contributed by atoms with Gasteiger partial charge in [-0.15, -0.1) is 0 Å². The van der Waals surface area contributed by atoms with Crippen molar-refractivity contribution >= 4 is 17.4 Å². The third-order valence-electron chi connectivity index (χ3n) is 4.19. The van der Waals surface area contributed by atoms with E-state index >= 15 is 0 Å². The van der Waals surface area contributed by atoms with E-state index in [1.807, 2.05) is 30.5 Å². The summed E-state index contributed by atoms with van der Waals surface area (Å²) in [6.45, 7) is 3.97. The van der Waals surface area contributed by atoms with Crippen LogP contribution in [0.4, 0.5) is 5.69 Å². The summed E-state index contributed by atoms with van der Waals surface area (Å²) in [7, 11) is 2.12. The standard InChI is InChI=1S/C17H19N5OS/c1-21-6-8-22(9-7-21)13-5-3-4-12(10-13)15-14(11-18)16(23)20-17(19-15)24-2/h3-5,10H,6-9H2,1-2H3,(H,19,20,23). The molecule has 1 aliphatic heterocycles. The van der Waals surface area contributed by atoms with E-state index < -0.39 is 5.56 Å². The predicted molar refractivity (Wildman–Crippen MR) is 96.5 cm³/mol. The van der Waals surface area contributed by atoms with Crippen molar-refractivity contribution in [2.24, 2.45) is 0 Å². The van der Waals surface area contributed by atoms with Gasteiger partial charge in [0, 0.05) is 37.4 Å². The first-order valence-electron chi connectivity index (χ1n) is 7.74. The van der Waals surface area contributed by atoms with E-state index in [0.29, 0.717) is 10.9 Å². The molecule has 1 aliphatic rings. The maximum absolute atomic E-state index is 12.1. The lowest BCUT2D eigenvalue weighted by atomic mass is 10.1. The Kier molecular flexibility index (Phi) is 4.88. The molecule has 2 heterocycles. The van der Waals surface area contributed by atoms with Crippen molar-refractivity contribution in [2.45, 2.75) is 5.16 Å². The summed E-state index contributed by atoms with van der Waals surface area (Å²) in [4.78, 5) is 23.8. The fraction of sp³-hybridized carbons (Fsp3) is 0.353. The van der Waals surface area contributed by atoms with E-state index in [-0.39, 0.29) is 5.56 Å². The number of hydrogen-bond donors (Lipinski definition) is 1. The number of aromatic nitrogens is 2. The molecule has 0 saturated carbocycles. The minimum atomic E-state index is -0.392. The van der Waals surface area contributed by atoms with E-state index in [9.17, 15) is 10.1 Å². The number of piperazine rings is 1. The normalized spacial score (nSPS) is 15.3. The molecular weight excluding hydrogens is 322 g/mol. The number of likely N-dealkylation sites (N-methyl/N-ethyl adjacent to an activating group) is 1. The number of rotatable bonds is 3. The van der Waals surface area contributed by atoms with E-state index in [1.54, 1.807) is 0 Å². The monoisotopic (exact) mass is 341 g/mol. The number of benzene rings is 1. The third-order valence-corrected chi connectivity index (χ3v) is 4.77. The maximum Gasteiger partial charge on any atom is 0.270 e. The number of thioether (sulfide) groups is 1. The van der Waals surface area contributed by atoms with Gasteiger partial charge in [-0.3, -0.25) is 4.79 Å². The quantitative estimate of drug-likeness (QED) is 0.677. The van der Waals surface area contributed by atoms with Crippen molar-refractivity contribution in [3.63, 3.8) is 0 Å². The number of nitrogens with one attached hydrogen (secondary N) is 1. The summed E-state index contributed by atoms with van der Waals surface area (Å²) in [6, 6.07) is 9.90. The zero-order valence-electron chi connectivity index (χ0n) is 13.7. The topological polar surface area (TPSA) is 76.0 Å². The first kappa shape index (κ1) is 16.6. The fourth-order valence-electron chi connectivity index (χ4n) is 2.78. The Morgan fingerprint density at radius 3 is 2.71 bits per heavy atom. The van der Waals surface area contributed by atoms with Crippen LogP contribution in [0.1, 0.15) is 5.56 Å². The number of nitriles is 1. The fourth-order valence-corrected chi connectivity index (χ4v) is 3.15. The summed E-state index contributed by atoms with van der Waals surface area (Å²) in [6.07, 6.45) is 1.84. The molecule has 24 heavy (non-hydrogen) atoms. The average Bonchev–Trinajstić information content (AvgIpc) is 2.61. The highest BCUT2D eigenvalue weighted by molar-refractivity contribution is 7.98. The van der Waals surface area contributed by atoms with Gasteiger partial charge in [0.05, 0.1) is 5.69 Å². The Morgan fingerprint density at radius 2 is 2.04 bits per heavy atom. The smallest absolute Gasteiger partial charge is 0.270 e.